The highest BCUT2D eigenvalue weighted by molar-refractivity contribution is 5.94. The van der Waals surface area contributed by atoms with Crippen LogP contribution in [0.25, 0.3) is 0 Å². The number of carbonyl (C=O) groups is 1. The van der Waals surface area contributed by atoms with Gasteiger partial charge in [0.2, 0.25) is 0 Å². The number of hydrogen-bond acceptors (Lipinski definition) is 2. The van der Waals surface area contributed by atoms with E-state index in [0.717, 1.165) is 6.42 Å². The molecule has 2 rings (SSSR count). The minimum absolute atomic E-state index is 0.0442. The first kappa shape index (κ1) is 11.9. The molecule has 1 aliphatic rings. The lowest BCUT2D eigenvalue weighted by molar-refractivity contribution is 0.0697. The zero-order valence-electron chi connectivity index (χ0n) is 10.0. The number of hydrogen-bond donors (Lipinski definition) is 1. The van der Waals surface area contributed by atoms with E-state index < -0.39 is 11.8 Å². The third-order valence-corrected chi connectivity index (χ3v) is 3.21. The molecule has 92 valence electrons. The Bertz CT molecular complexity index is 457. The molecule has 1 heterocycles. The van der Waals surface area contributed by atoms with Crippen molar-refractivity contribution in [2.75, 3.05) is 18.0 Å². The molecular weight excluding hydrogens is 221 g/mol. The monoisotopic (exact) mass is 237 g/mol. The van der Waals surface area contributed by atoms with Gasteiger partial charge in [0.05, 0.1) is 11.3 Å². The first-order chi connectivity index (χ1) is 7.91. The molecule has 4 heteroatoms. The predicted octanol–water partition coefficient (Wildman–Crippen LogP) is 2.76. The summed E-state index contributed by atoms with van der Waals surface area (Å²) in [5.74, 6) is -1.54. The Morgan fingerprint density at radius 2 is 2.18 bits per heavy atom. The molecule has 0 radical (unpaired) electrons. The average Bonchev–Trinajstić information content (AvgIpc) is 2.58. The van der Waals surface area contributed by atoms with E-state index in [9.17, 15) is 9.18 Å². The van der Waals surface area contributed by atoms with Crippen molar-refractivity contribution in [3.63, 3.8) is 0 Å². The van der Waals surface area contributed by atoms with Crippen molar-refractivity contribution in [3.8, 4) is 0 Å². The van der Waals surface area contributed by atoms with Gasteiger partial charge in [0.1, 0.15) is 5.82 Å². The number of halogens is 1. The van der Waals surface area contributed by atoms with Crippen molar-refractivity contribution in [1.29, 1.82) is 0 Å². The number of nitrogens with zero attached hydrogens (tertiary/aromatic N) is 1. The number of para-hydroxylation sites is 1. The van der Waals surface area contributed by atoms with E-state index >= 15 is 0 Å². The van der Waals surface area contributed by atoms with Crippen LogP contribution in [0, 0.1) is 11.2 Å². The van der Waals surface area contributed by atoms with E-state index in [4.69, 9.17) is 5.11 Å². The Hall–Kier alpha value is -1.58. The maximum absolute atomic E-state index is 13.8. The molecule has 0 bridgehead atoms. The normalized spacial score (nSPS) is 18.4. The van der Waals surface area contributed by atoms with Crippen molar-refractivity contribution < 1.29 is 14.3 Å². The van der Waals surface area contributed by atoms with Crippen LogP contribution in [0.3, 0.4) is 0 Å². The smallest absolute Gasteiger partial charge is 0.337 e. The second kappa shape index (κ2) is 4.02. The van der Waals surface area contributed by atoms with Gasteiger partial charge in [-0.15, -0.1) is 0 Å². The van der Waals surface area contributed by atoms with Crippen LogP contribution < -0.4 is 4.90 Å². The molecule has 0 amide bonds. The maximum atomic E-state index is 13.8. The molecule has 3 nitrogen and oxygen atoms in total. The third-order valence-electron chi connectivity index (χ3n) is 3.21. The summed E-state index contributed by atoms with van der Waals surface area (Å²) >= 11 is 0. The van der Waals surface area contributed by atoms with Crippen LogP contribution in [0.15, 0.2) is 18.2 Å². The Kier molecular flexibility index (Phi) is 2.81. The van der Waals surface area contributed by atoms with Gasteiger partial charge < -0.3 is 10.0 Å². The summed E-state index contributed by atoms with van der Waals surface area (Å²) in [5, 5.41) is 9.09. The van der Waals surface area contributed by atoms with E-state index in [1.165, 1.54) is 18.2 Å². The SMILES string of the molecule is CC1(C)CCN(c2c(F)cccc2C(=O)O)C1. The standard InChI is InChI=1S/C13H16FNO2/c1-13(2)6-7-15(8-13)11-9(12(16)17)4-3-5-10(11)14/h3-5H,6-8H2,1-2H3,(H,16,17). The summed E-state index contributed by atoms with van der Waals surface area (Å²) in [6, 6.07) is 4.20. The van der Waals surface area contributed by atoms with E-state index in [1.54, 1.807) is 0 Å². The molecule has 0 aliphatic carbocycles. The van der Waals surface area contributed by atoms with Gasteiger partial charge in [-0.25, -0.2) is 9.18 Å². The van der Waals surface area contributed by atoms with E-state index in [0.29, 0.717) is 13.1 Å². The van der Waals surface area contributed by atoms with Gasteiger partial charge in [0.25, 0.3) is 0 Å². The average molecular weight is 237 g/mol. The van der Waals surface area contributed by atoms with E-state index in [2.05, 4.69) is 13.8 Å². The Morgan fingerprint density at radius 3 is 2.71 bits per heavy atom. The molecule has 0 saturated carbocycles. The number of aromatic carboxylic acids is 1. The summed E-state index contributed by atoms with van der Waals surface area (Å²) in [4.78, 5) is 12.9. The third kappa shape index (κ3) is 2.25. The lowest BCUT2D eigenvalue weighted by Crippen LogP contribution is -2.25. The summed E-state index contributed by atoms with van der Waals surface area (Å²) < 4.78 is 13.8. The van der Waals surface area contributed by atoms with Crippen molar-refractivity contribution in [2.45, 2.75) is 20.3 Å². The Morgan fingerprint density at radius 1 is 1.47 bits per heavy atom. The fraction of sp³-hybridized carbons (Fsp3) is 0.462. The van der Waals surface area contributed by atoms with Gasteiger partial charge in [-0.1, -0.05) is 19.9 Å². The van der Waals surface area contributed by atoms with Gasteiger partial charge in [-0.3, -0.25) is 0 Å². The molecule has 0 spiro atoms. The molecule has 1 aromatic rings. The fourth-order valence-electron chi connectivity index (χ4n) is 2.31. The van der Waals surface area contributed by atoms with Gasteiger partial charge >= 0.3 is 5.97 Å². The predicted molar refractivity (Wildman–Crippen MR) is 64.0 cm³/mol. The number of carboxylic acid groups (broad SMARTS) is 1. The molecule has 1 aliphatic heterocycles. The number of benzene rings is 1. The molecule has 1 saturated heterocycles. The highest BCUT2D eigenvalue weighted by Crippen LogP contribution is 2.35. The van der Waals surface area contributed by atoms with Crippen LogP contribution in [0.5, 0.6) is 0 Å². The van der Waals surface area contributed by atoms with E-state index in [1.807, 2.05) is 4.90 Å². The van der Waals surface area contributed by atoms with Crippen molar-refractivity contribution >= 4 is 11.7 Å². The zero-order chi connectivity index (χ0) is 12.6. The molecule has 0 unspecified atom stereocenters. The molecule has 1 N–H and O–H groups in total. The van der Waals surface area contributed by atoms with Crippen LogP contribution in [0.2, 0.25) is 0 Å². The summed E-state index contributed by atoms with van der Waals surface area (Å²) in [7, 11) is 0. The van der Waals surface area contributed by atoms with Crippen molar-refractivity contribution in [2.24, 2.45) is 5.41 Å². The highest BCUT2D eigenvalue weighted by Gasteiger charge is 2.32. The fourth-order valence-corrected chi connectivity index (χ4v) is 2.31. The minimum atomic E-state index is -1.08. The molecule has 1 aromatic carbocycles. The molecule has 1 fully saturated rings. The lowest BCUT2D eigenvalue weighted by atomic mass is 9.93. The maximum Gasteiger partial charge on any atom is 0.337 e. The topological polar surface area (TPSA) is 40.5 Å². The summed E-state index contributed by atoms with van der Waals surface area (Å²) in [5.41, 5.74) is 0.381. The van der Waals surface area contributed by atoms with Crippen LogP contribution in [0.4, 0.5) is 10.1 Å². The zero-order valence-corrected chi connectivity index (χ0v) is 10.0. The summed E-state index contributed by atoms with van der Waals surface area (Å²) in [6.07, 6.45) is 0.945. The molecule has 17 heavy (non-hydrogen) atoms. The van der Waals surface area contributed by atoms with Crippen molar-refractivity contribution in [3.05, 3.63) is 29.6 Å². The second-order valence-electron chi connectivity index (χ2n) is 5.28. The van der Waals surface area contributed by atoms with E-state index in [-0.39, 0.29) is 16.7 Å². The second-order valence-corrected chi connectivity index (χ2v) is 5.28. The largest absolute Gasteiger partial charge is 0.478 e. The first-order valence-electron chi connectivity index (χ1n) is 5.67. The molecule has 0 atom stereocenters. The number of rotatable bonds is 2. The van der Waals surface area contributed by atoms with Gasteiger partial charge in [0.15, 0.2) is 0 Å². The van der Waals surface area contributed by atoms with Gasteiger partial charge in [-0.2, -0.15) is 0 Å². The Labute approximate surface area is 99.9 Å². The van der Waals surface area contributed by atoms with Crippen molar-refractivity contribution in [1.82, 2.24) is 0 Å². The quantitative estimate of drug-likeness (QED) is 0.859. The summed E-state index contributed by atoms with van der Waals surface area (Å²) in [6.45, 7) is 5.60. The lowest BCUT2D eigenvalue weighted by Gasteiger charge is -2.23. The van der Waals surface area contributed by atoms with Crippen LogP contribution in [0.1, 0.15) is 30.6 Å². The highest BCUT2D eigenvalue weighted by atomic mass is 19.1. The van der Waals surface area contributed by atoms with Crippen LogP contribution in [-0.2, 0) is 0 Å². The molecule has 0 aromatic heterocycles. The first-order valence-corrected chi connectivity index (χ1v) is 5.67. The van der Waals surface area contributed by atoms with Gasteiger partial charge in [-0.05, 0) is 24.0 Å². The van der Waals surface area contributed by atoms with Crippen LogP contribution in [-0.4, -0.2) is 24.2 Å². The van der Waals surface area contributed by atoms with Crippen LogP contribution >= 0.6 is 0 Å². The van der Waals surface area contributed by atoms with Gasteiger partial charge in [0, 0.05) is 13.1 Å². The minimum Gasteiger partial charge on any atom is -0.478 e. The molecular formula is C13H16FNO2. The Balaban J connectivity index is 2.42. The number of anilines is 1. The number of carboxylic acids is 1.